The summed E-state index contributed by atoms with van der Waals surface area (Å²) in [7, 11) is -3.60. The van der Waals surface area contributed by atoms with Gasteiger partial charge in [-0.25, -0.2) is 8.42 Å². The predicted octanol–water partition coefficient (Wildman–Crippen LogP) is 5.91. The second-order valence-electron chi connectivity index (χ2n) is 7.67. The summed E-state index contributed by atoms with van der Waals surface area (Å²) in [6.45, 7) is 5.04. The molecule has 31 heavy (non-hydrogen) atoms. The number of unbranched alkanes of at least 4 members (excludes halogenated alkanes) is 1. The number of sulfonamides is 1. The van der Waals surface area contributed by atoms with Crippen LogP contribution in [0.15, 0.2) is 42.5 Å². The van der Waals surface area contributed by atoms with Crippen molar-refractivity contribution < 1.29 is 13.2 Å². The van der Waals surface area contributed by atoms with Crippen molar-refractivity contribution in [1.82, 2.24) is 5.32 Å². The van der Waals surface area contributed by atoms with Gasteiger partial charge in [0.1, 0.15) is 0 Å². The molecule has 0 heterocycles. The van der Waals surface area contributed by atoms with E-state index in [-0.39, 0.29) is 22.5 Å². The monoisotopic (exact) mass is 484 g/mol. The quantitative estimate of drug-likeness (QED) is 0.431. The first-order chi connectivity index (χ1) is 14.7. The number of halogens is 2. The molecule has 0 spiro atoms. The van der Waals surface area contributed by atoms with E-state index >= 15 is 0 Å². The molecule has 0 aromatic heterocycles. The Kier molecular flexibility index (Phi) is 9.66. The SMILES string of the molecule is CCCCC(CC)CNC(=O)c1ccc(CN(c2cccc(Cl)c2Cl)S(C)(=O)=O)cc1. The Morgan fingerprint density at radius 2 is 1.77 bits per heavy atom. The van der Waals surface area contributed by atoms with Crippen molar-refractivity contribution in [1.29, 1.82) is 0 Å². The number of rotatable bonds is 11. The third-order valence-corrected chi connectivity index (χ3v) is 7.17. The van der Waals surface area contributed by atoms with Gasteiger partial charge in [-0.1, -0.05) is 74.5 Å². The number of carbonyl (C=O) groups is 1. The Hall–Kier alpha value is -1.76. The molecule has 0 aliphatic carbocycles. The number of amides is 1. The predicted molar refractivity (Wildman–Crippen MR) is 130 cm³/mol. The molecule has 1 N–H and O–H groups in total. The molecule has 2 aromatic rings. The summed E-state index contributed by atoms with van der Waals surface area (Å²) in [6, 6.07) is 11.8. The van der Waals surface area contributed by atoms with Crippen molar-refractivity contribution in [3.63, 3.8) is 0 Å². The third-order valence-electron chi connectivity index (χ3n) is 5.24. The second kappa shape index (κ2) is 11.7. The molecular weight excluding hydrogens is 455 g/mol. The van der Waals surface area contributed by atoms with E-state index in [9.17, 15) is 13.2 Å². The summed E-state index contributed by atoms with van der Waals surface area (Å²) >= 11 is 12.3. The first-order valence-corrected chi connectivity index (χ1v) is 13.1. The van der Waals surface area contributed by atoms with Crippen LogP contribution in [-0.4, -0.2) is 27.1 Å². The van der Waals surface area contributed by atoms with E-state index in [1.807, 2.05) is 0 Å². The Morgan fingerprint density at radius 1 is 1.10 bits per heavy atom. The maximum Gasteiger partial charge on any atom is 0.251 e. The van der Waals surface area contributed by atoms with E-state index in [2.05, 4.69) is 19.2 Å². The van der Waals surface area contributed by atoms with Crippen molar-refractivity contribution in [2.45, 2.75) is 46.1 Å². The van der Waals surface area contributed by atoms with Gasteiger partial charge in [-0.15, -0.1) is 0 Å². The molecule has 0 bridgehead atoms. The fourth-order valence-corrected chi connectivity index (χ4v) is 4.62. The van der Waals surface area contributed by atoms with Crippen LogP contribution in [0, 0.1) is 5.92 Å². The normalized spacial score (nSPS) is 12.4. The van der Waals surface area contributed by atoms with Gasteiger partial charge in [0.15, 0.2) is 0 Å². The molecule has 1 atom stereocenters. The van der Waals surface area contributed by atoms with Gasteiger partial charge in [-0.2, -0.15) is 0 Å². The molecule has 2 aromatic carbocycles. The largest absolute Gasteiger partial charge is 0.352 e. The first kappa shape index (κ1) is 25.5. The first-order valence-electron chi connectivity index (χ1n) is 10.5. The molecule has 1 unspecified atom stereocenters. The van der Waals surface area contributed by atoms with Crippen LogP contribution in [0.1, 0.15) is 55.5 Å². The van der Waals surface area contributed by atoms with Gasteiger partial charge in [-0.05, 0) is 42.2 Å². The Balaban J connectivity index is 2.11. The lowest BCUT2D eigenvalue weighted by Gasteiger charge is -2.24. The zero-order valence-electron chi connectivity index (χ0n) is 18.2. The molecule has 170 valence electrons. The average molecular weight is 485 g/mol. The Morgan fingerprint density at radius 3 is 2.35 bits per heavy atom. The topological polar surface area (TPSA) is 66.5 Å². The van der Waals surface area contributed by atoms with Crippen LogP contribution in [0.3, 0.4) is 0 Å². The molecule has 0 saturated heterocycles. The number of benzene rings is 2. The van der Waals surface area contributed by atoms with Gasteiger partial charge in [0, 0.05) is 12.1 Å². The van der Waals surface area contributed by atoms with Crippen molar-refractivity contribution >= 4 is 44.8 Å². The van der Waals surface area contributed by atoms with Crippen molar-refractivity contribution in [2.24, 2.45) is 5.92 Å². The average Bonchev–Trinajstić information content (AvgIpc) is 2.74. The summed E-state index contributed by atoms with van der Waals surface area (Å²) < 4.78 is 26.0. The van der Waals surface area contributed by atoms with Crippen LogP contribution in [0.2, 0.25) is 10.0 Å². The molecule has 0 fully saturated rings. The molecular formula is C23H30Cl2N2O3S. The number of nitrogens with one attached hydrogen (secondary N) is 1. The van der Waals surface area contributed by atoms with Gasteiger partial charge >= 0.3 is 0 Å². The highest BCUT2D eigenvalue weighted by molar-refractivity contribution is 7.92. The van der Waals surface area contributed by atoms with Crippen molar-refractivity contribution in [3.8, 4) is 0 Å². The molecule has 0 aliphatic heterocycles. The van der Waals surface area contributed by atoms with E-state index in [1.54, 1.807) is 42.5 Å². The van der Waals surface area contributed by atoms with E-state index < -0.39 is 10.0 Å². The minimum absolute atomic E-state index is 0.0791. The van der Waals surface area contributed by atoms with Gasteiger partial charge in [0.25, 0.3) is 5.91 Å². The van der Waals surface area contributed by atoms with Crippen LogP contribution in [0.4, 0.5) is 5.69 Å². The number of hydrogen-bond acceptors (Lipinski definition) is 3. The van der Waals surface area contributed by atoms with Gasteiger partial charge in [0.05, 0.1) is 28.5 Å². The minimum atomic E-state index is -3.60. The summed E-state index contributed by atoms with van der Waals surface area (Å²) in [4.78, 5) is 12.5. The summed E-state index contributed by atoms with van der Waals surface area (Å²) in [5.41, 5.74) is 1.59. The lowest BCUT2D eigenvalue weighted by Crippen LogP contribution is -2.30. The molecule has 0 radical (unpaired) electrons. The Bertz CT molecular complexity index is 979. The highest BCUT2D eigenvalue weighted by Gasteiger charge is 2.21. The van der Waals surface area contributed by atoms with Crippen LogP contribution >= 0.6 is 23.2 Å². The zero-order valence-corrected chi connectivity index (χ0v) is 20.5. The Labute approximate surface area is 195 Å². The minimum Gasteiger partial charge on any atom is -0.352 e. The number of carbonyl (C=O) groups excluding carboxylic acids is 1. The van der Waals surface area contributed by atoms with Gasteiger partial charge < -0.3 is 5.32 Å². The fraction of sp³-hybridized carbons (Fsp3) is 0.435. The van der Waals surface area contributed by atoms with Crippen LogP contribution in [0.25, 0.3) is 0 Å². The van der Waals surface area contributed by atoms with E-state index in [1.165, 1.54) is 4.31 Å². The zero-order chi connectivity index (χ0) is 23.0. The molecule has 8 heteroatoms. The van der Waals surface area contributed by atoms with Crippen LogP contribution in [-0.2, 0) is 16.6 Å². The van der Waals surface area contributed by atoms with Gasteiger partial charge in [-0.3, -0.25) is 9.10 Å². The summed E-state index contributed by atoms with van der Waals surface area (Å²) in [5, 5.41) is 3.47. The fourth-order valence-electron chi connectivity index (χ4n) is 3.28. The van der Waals surface area contributed by atoms with Crippen LogP contribution < -0.4 is 9.62 Å². The maximum absolute atomic E-state index is 12.5. The molecule has 1 amide bonds. The van der Waals surface area contributed by atoms with E-state index in [0.717, 1.165) is 37.5 Å². The third kappa shape index (κ3) is 7.41. The maximum atomic E-state index is 12.5. The summed E-state index contributed by atoms with van der Waals surface area (Å²) in [6.07, 6.45) is 5.58. The smallest absolute Gasteiger partial charge is 0.251 e. The number of nitrogens with zero attached hydrogens (tertiary/aromatic N) is 1. The lowest BCUT2D eigenvalue weighted by molar-refractivity contribution is 0.0946. The van der Waals surface area contributed by atoms with E-state index in [0.29, 0.717) is 23.7 Å². The lowest BCUT2D eigenvalue weighted by atomic mass is 9.99. The highest BCUT2D eigenvalue weighted by Crippen LogP contribution is 2.34. The van der Waals surface area contributed by atoms with Crippen LogP contribution in [0.5, 0.6) is 0 Å². The van der Waals surface area contributed by atoms with Gasteiger partial charge in [0.2, 0.25) is 10.0 Å². The van der Waals surface area contributed by atoms with E-state index in [4.69, 9.17) is 23.2 Å². The molecule has 2 rings (SSSR count). The number of hydrogen-bond donors (Lipinski definition) is 1. The highest BCUT2D eigenvalue weighted by atomic mass is 35.5. The van der Waals surface area contributed by atoms with Crippen molar-refractivity contribution in [3.05, 3.63) is 63.6 Å². The standard InChI is InChI=1S/C23H30Cl2N2O3S/c1-4-6-8-17(5-2)15-26-23(28)19-13-11-18(12-14-19)16-27(31(3,29)30)21-10-7-9-20(24)22(21)25/h7,9-14,17H,4-6,8,15-16H2,1-3H3,(H,26,28). The molecule has 0 aliphatic rings. The molecule has 5 nitrogen and oxygen atoms in total. The van der Waals surface area contributed by atoms with Crippen molar-refractivity contribution in [2.75, 3.05) is 17.1 Å². The molecule has 0 saturated carbocycles. The second-order valence-corrected chi connectivity index (χ2v) is 10.4. The summed E-state index contributed by atoms with van der Waals surface area (Å²) in [5.74, 6) is 0.355. The number of anilines is 1.